The van der Waals surface area contributed by atoms with Crippen molar-refractivity contribution in [2.75, 3.05) is 12.3 Å². The molecule has 0 saturated heterocycles. The van der Waals surface area contributed by atoms with Crippen LogP contribution in [0.25, 0.3) is 22.2 Å². The Labute approximate surface area is 198 Å². The zero-order valence-electron chi connectivity index (χ0n) is 16.6. The van der Waals surface area contributed by atoms with Gasteiger partial charge < -0.3 is 10.3 Å². The van der Waals surface area contributed by atoms with Crippen molar-refractivity contribution in [3.05, 3.63) is 92.5 Å². The zero-order chi connectivity index (χ0) is 22.7. The Bertz CT molecular complexity index is 1310. The predicted molar refractivity (Wildman–Crippen MR) is 130 cm³/mol. The minimum Gasteiger partial charge on any atom is -0.354 e. The van der Waals surface area contributed by atoms with Crippen molar-refractivity contribution in [3.63, 3.8) is 0 Å². The van der Waals surface area contributed by atoms with Gasteiger partial charge in [0.25, 0.3) is 11.6 Å². The van der Waals surface area contributed by atoms with E-state index in [0.717, 1.165) is 27.1 Å². The van der Waals surface area contributed by atoms with Crippen molar-refractivity contribution in [1.82, 2.24) is 10.3 Å². The lowest BCUT2D eigenvalue weighted by atomic mass is 10.1. The second-order valence-electron chi connectivity index (χ2n) is 6.91. The molecular formula is C23H17Cl2N3O3S. The van der Waals surface area contributed by atoms with Crippen LogP contribution in [0.2, 0.25) is 10.0 Å². The molecule has 0 bridgehead atoms. The third-order valence-electron chi connectivity index (χ3n) is 4.83. The van der Waals surface area contributed by atoms with Crippen molar-refractivity contribution >= 4 is 57.5 Å². The Hall–Kier alpha value is -3.00. The summed E-state index contributed by atoms with van der Waals surface area (Å²) in [6.07, 6.45) is 0. The molecule has 9 heteroatoms. The number of carbonyl (C=O) groups is 1. The Morgan fingerprint density at radius 1 is 1.06 bits per heavy atom. The van der Waals surface area contributed by atoms with Crippen molar-refractivity contribution < 1.29 is 9.72 Å². The molecule has 0 aliphatic carbocycles. The lowest BCUT2D eigenvalue weighted by Crippen LogP contribution is -2.25. The standard InChI is InChI=1S/C23H17Cl2N3O3S/c24-16-8-5-14(6-9-16)21-22(17-3-1-2-4-19(17)27-21)32-12-11-26-23(29)15-7-10-18(25)20(13-15)28(30)31/h1-10,13,27H,11-12H2,(H,26,29). The number of aromatic amines is 1. The fourth-order valence-corrected chi connectivity index (χ4v) is 4.67. The van der Waals surface area contributed by atoms with Gasteiger partial charge in [-0.2, -0.15) is 0 Å². The number of nitro benzene ring substituents is 1. The van der Waals surface area contributed by atoms with E-state index < -0.39 is 4.92 Å². The monoisotopic (exact) mass is 485 g/mol. The third-order valence-corrected chi connectivity index (χ3v) is 6.52. The molecule has 1 amide bonds. The minimum absolute atomic E-state index is 0.00355. The summed E-state index contributed by atoms with van der Waals surface area (Å²) in [6.45, 7) is 0.388. The first-order valence-electron chi connectivity index (χ1n) is 9.65. The van der Waals surface area contributed by atoms with Gasteiger partial charge in [-0.25, -0.2) is 0 Å². The van der Waals surface area contributed by atoms with Gasteiger partial charge in [0.15, 0.2) is 0 Å². The minimum atomic E-state index is -0.607. The van der Waals surface area contributed by atoms with Gasteiger partial charge in [0, 0.05) is 44.7 Å². The fourth-order valence-electron chi connectivity index (χ4n) is 3.30. The Kier molecular flexibility index (Phi) is 6.69. The third kappa shape index (κ3) is 4.75. The lowest BCUT2D eigenvalue weighted by molar-refractivity contribution is -0.384. The molecule has 162 valence electrons. The number of nitrogens with zero attached hydrogens (tertiary/aromatic N) is 1. The second kappa shape index (κ2) is 9.65. The van der Waals surface area contributed by atoms with Crippen molar-refractivity contribution in [2.24, 2.45) is 0 Å². The fraction of sp³-hybridized carbons (Fsp3) is 0.0870. The van der Waals surface area contributed by atoms with Gasteiger partial charge in [0.05, 0.1) is 10.6 Å². The van der Waals surface area contributed by atoms with Crippen LogP contribution in [-0.4, -0.2) is 28.1 Å². The molecule has 1 aromatic heterocycles. The predicted octanol–water partition coefficient (Wildman–Crippen LogP) is 6.57. The Morgan fingerprint density at radius 3 is 2.56 bits per heavy atom. The van der Waals surface area contributed by atoms with Crippen molar-refractivity contribution in [1.29, 1.82) is 0 Å². The van der Waals surface area contributed by atoms with Gasteiger partial charge in [-0.1, -0.05) is 53.5 Å². The summed E-state index contributed by atoms with van der Waals surface area (Å²) >= 11 is 13.5. The number of nitrogens with one attached hydrogen (secondary N) is 2. The molecule has 0 aliphatic rings. The number of halogens is 2. The number of carbonyl (C=O) groups excluding carboxylic acids is 1. The van der Waals surface area contributed by atoms with Crippen LogP contribution >= 0.6 is 35.0 Å². The molecular weight excluding hydrogens is 469 g/mol. The van der Waals surface area contributed by atoms with Crippen LogP contribution in [-0.2, 0) is 0 Å². The molecule has 4 aromatic rings. The maximum absolute atomic E-state index is 12.4. The smallest absolute Gasteiger partial charge is 0.288 e. The van der Waals surface area contributed by atoms with E-state index in [1.807, 2.05) is 42.5 Å². The summed E-state index contributed by atoms with van der Waals surface area (Å²) in [5, 5.41) is 15.6. The molecule has 0 unspecified atom stereocenters. The van der Waals surface area contributed by atoms with E-state index in [0.29, 0.717) is 17.3 Å². The summed E-state index contributed by atoms with van der Waals surface area (Å²) in [5.74, 6) is 0.228. The van der Waals surface area contributed by atoms with Crippen LogP contribution in [0.1, 0.15) is 10.4 Å². The summed E-state index contributed by atoms with van der Waals surface area (Å²) in [5.41, 5.74) is 2.94. The lowest BCUT2D eigenvalue weighted by Gasteiger charge is -2.08. The number of hydrogen-bond donors (Lipinski definition) is 2. The second-order valence-corrected chi connectivity index (χ2v) is 8.86. The maximum Gasteiger partial charge on any atom is 0.288 e. The van der Waals surface area contributed by atoms with Crippen LogP contribution in [0.15, 0.2) is 71.6 Å². The molecule has 0 aliphatic heterocycles. The molecule has 1 heterocycles. The first-order chi connectivity index (χ1) is 15.4. The molecule has 0 atom stereocenters. The molecule has 0 saturated carbocycles. The van der Waals surface area contributed by atoms with E-state index in [9.17, 15) is 14.9 Å². The van der Waals surface area contributed by atoms with E-state index >= 15 is 0 Å². The van der Waals surface area contributed by atoms with Gasteiger partial charge in [-0.05, 0) is 35.9 Å². The highest BCUT2D eigenvalue weighted by molar-refractivity contribution is 7.99. The average Bonchev–Trinajstić information content (AvgIpc) is 3.15. The number of thioether (sulfide) groups is 1. The number of aromatic nitrogens is 1. The van der Waals surface area contributed by atoms with Gasteiger partial charge in [0.2, 0.25) is 0 Å². The quantitative estimate of drug-likeness (QED) is 0.134. The molecule has 32 heavy (non-hydrogen) atoms. The van der Waals surface area contributed by atoms with Crippen molar-refractivity contribution in [3.8, 4) is 11.3 Å². The maximum atomic E-state index is 12.4. The van der Waals surface area contributed by atoms with Crippen LogP contribution in [0.4, 0.5) is 5.69 Å². The zero-order valence-corrected chi connectivity index (χ0v) is 18.9. The van der Waals surface area contributed by atoms with Gasteiger partial charge in [-0.15, -0.1) is 11.8 Å². The Balaban J connectivity index is 1.47. The van der Waals surface area contributed by atoms with E-state index in [2.05, 4.69) is 16.4 Å². The number of para-hydroxylation sites is 1. The highest BCUT2D eigenvalue weighted by Gasteiger charge is 2.17. The number of nitro groups is 1. The van der Waals surface area contributed by atoms with Crippen molar-refractivity contribution in [2.45, 2.75) is 4.90 Å². The van der Waals surface area contributed by atoms with Gasteiger partial charge in [-0.3, -0.25) is 14.9 Å². The van der Waals surface area contributed by atoms with E-state index in [1.165, 1.54) is 18.2 Å². The largest absolute Gasteiger partial charge is 0.354 e. The highest BCUT2D eigenvalue weighted by Crippen LogP contribution is 2.37. The SMILES string of the molecule is O=C(NCCSc1c(-c2ccc(Cl)cc2)[nH]c2ccccc12)c1ccc(Cl)c([N+](=O)[O-])c1. The molecule has 3 aromatic carbocycles. The molecule has 6 nitrogen and oxygen atoms in total. The summed E-state index contributed by atoms with van der Waals surface area (Å²) < 4.78 is 0. The topological polar surface area (TPSA) is 88.0 Å². The summed E-state index contributed by atoms with van der Waals surface area (Å²) in [6, 6.07) is 19.7. The molecule has 2 N–H and O–H groups in total. The number of H-pyrrole nitrogens is 1. The number of amides is 1. The van der Waals surface area contributed by atoms with Crippen LogP contribution in [0, 0.1) is 10.1 Å². The first-order valence-corrected chi connectivity index (χ1v) is 11.4. The Morgan fingerprint density at radius 2 is 1.81 bits per heavy atom. The number of fused-ring (bicyclic) bond motifs is 1. The average molecular weight is 486 g/mol. The van der Waals surface area contributed by atoms with E-state index in [4.69, 9.17) is 23.2 Å². The van der Waals surface area contributed by atoms with Crippen LogP contribution < -0.4 is 5.32 Å². The highest BCUT2D eigenvalue weighted by atomic mass is 35.5. The normalized spacial score (nSPS) is 10.9. The van der Waals surface area contributed by atoms with Crippen LogP contribution in [0.3, 0.4) is 0 Å². The molecule has 0 spiro atoms. The summed E-state index contributed by atoms with van der Waals surface area (Å²) in [4.78, 5) is 27.4. The van der Waals surface area contributed by atoms with Crippen LogP contribution in [0.5, 0.6) is 0 Å². The number of hydrogen-bond acceptors (Lipinski definition) is 4. The number of rotatable bonds is 7. The van der Waals surface area contributed by atoms with E-state index in [-0.39, 0.29) is 22.2 Å². The molecule has 0 radical (unpaired) electrons. The summed E-state index contributed by atoms with van der Waals surface area (Å²) in [7, 11) is 0. The van der Waals surface area contributed by atoms with E-state index in [1.54, 1.807) is 11.8 Å². The number of benzene rings is 3. The first kappa shape index (κ1) is 22.2. The van der Waals surface area contributed by atoms with Gasteiger partial charge >= 0.3 is 0 Å². The van der Waals surface area contributed by atoms with Gasteiger partial charge in [0.1, 0.15) is 5.02 Å². The molecule has 0 fully saturated rings. The molecule has 4 rings (SSSR count).